The van der Waals surface area contributed by atoms with Gasteiger partial charge in [0.05, 0.1) is 0 Å². The minimum Gasteiger partial charge on any atom is -0.306 e. The third-order valence-corrected chi connectivity index (χ3v) is 5.94. The van der Waals surface area contributed by atoms with E-state index in [1.54, 1.807) is 0 Å². The summed E-state index contributed by atoms with van der Waals surface area (Å²) in [5.41, 5.74) is 3.78. The molecule has 0 unspecified atom stereocenters. The third kappa shape index (κ3) is 3.41. The van der Waals surface area contributed by atoms with Gasteiger partial charge < -0.3 is 4.90 Å². The van der Waals surface area contributed by atoms with Crippen LogP contribution in [0.15, 0.2) is 12.1 Å². The van der Waals surface area contributed by atoms with Gasteiger partial charge >= 0.3 is 0 Å². The Hall–Kier alpha value is -1.92. The number of Topliss-reactive ketones (excluding diaryl/α,β-unsaturated/α-hetero) is 2. The lowest BCUT2D eigenvalue weighted by molar-refractivity contribution is -0.138. The lowest BCUT2D eigenvalue weighted by Crippen LogP contribution is -2.46. The van der Waals surface area contributed by atoms with E-state index in [1.165, 1.54) is 0 Å². The van der Waals surface area contributed by atoms with Crippen LogP contribution in [-0.2, 0) is 9.59 Å². The van der Waals surface area contributed by atoms with Crippen LogP contribution in [0.4, 0.5) is 0 Å². The number of rotatable bonds is 1. The number of piperidine rings is 1. The van der Waals surface area contributed by atoms with Crippen molar-refractivity contribution in [3.05, 3.63) is 34.4 Å². The predicted octanol–water partition coefficient (Wildman–Crippen LogP) is 3.40. The average Bonchev–Trinajstić information content (AvgIpc) is 2.53. The molecule has 0 radical (unpaired) electrons. The predicted molar refractivity (Wildman–Crippen MR) is 99.6 cm³/mol. The van der Waals surface area contributed by atoms with Crippen LogP contribution in [0.5, 0.6) is 0 Å². The van der Waals surface area contributed by atoms with Gasteiger partial charge in [-0.3, -0.25) is 9.59 Å². The maximum absolute atomic E-state index is 13.0. The molecule has 1 aromatic rings. The molecule has 1 aliphatic heterocycles. The Morgan fingerprint density at radius 2 is 1.56 bits per heavy atom. The molecule has 0 atom stereocenters. The molecule has 1 saturated heterocycles. The van der Waals surface area contributed by atoms with Crippen molar-refractivity contribution in [3.63, 3.8) is 0 Å². The molecule has 0 amide bonds. The summed E-state index contributed by atoms with van der Waals surface area (Å²) in [4.78, 5) is 28.3. The Morgan fingerprint density at radius 3 is 2.04 bits per heavy atom. The maximum Gasteiger partial charge on any atom is 0.148 e. The molecule has 3 heteroatoms. The lowest BCUT2D eigenvalue weighted by atomic mass is 9.62. The van der Waals surface area contributed by atoms with E-state index in [0.717, 1.165) is 48.2 Å². The van der Waals surface area contributed by atoms with Crippen molar-refractivity contribution in [1.82, 2.24) is 4.90 Å². The van der Waals surface area contributed by atoms with Crippen molar-refractivity contribution in [2.75, 3.05) is 20.1 Å². The van der Waals surface area contributed by atoms with E-state index >= 15 is 0 Å². The van der Waals surface area contributed by atoms with Crippen LogP contribution in [0.2, 0.25) is 0 Å². The monoisotopic (exact) mass is 337 g/mol. The van der Waals surface area contributed by atoms with Crippen molar-refractivity contribution in [2.45, 2.75) is 52.4 Å². The van der Waals surface area contributed by atoms with Gasteiger partial charge in [0.15, 0.2) is 0 Å². The number of nitrogens with zero attached hydrogens (tertiary/aromatic N) is 1. The van der Waals surface area contributed by atoms with Crippen LogP contribution >= 0.6 is 0 Å². The van der Waals surface area contributed by atoms with E-state index in [-0.39, 0.29) is 17.0 Å². The summed E-state index contributed by atoms with van der Waals surface area (Å²) in [6.07, 6.45) is 3.01. The SMILES string of the molecule is CC#Cc1cc(C)c(C2C(=O)CC3(CCN(C)CC3)CC2=O)c(C)c1. The average molecular weight is 337 g/mol. The van der Waals surface area contributed by atoms with E-state index in [4.69, 9.17) is 0 Å². The van der Waals surface area contributed by atoms with Crippen molar-refractivity contribution in [3.8, 4) is 11.8 Å². The minimum absolute atomic E-state index is 0.0907. The van der Waals surface area contributed by atoms with Gasteiger partial charge in [0.1, 0.15) is 17.5 Å². The molecule has 0 aromatic heterocycles. The van der Waals surface area contributed by atoms with Crippen molar-refractivity contribution in [1.29, 1.82) is 0 Å². The smallest absolute Gasteiger partial charge is 0.148 e. The number of likely N-dealkylation sites (tertiary alicyclic amines) is 1. The fourth-order valence-corrected chi connectivity index (χ4v) is 4.60. The second kappa shape index (κ2) is 6.77. The molecule has 25 heavy (non-hydrogen) atoms. The highest BCUT2D eigenvalue weighted by Crippen LogP contribution is 2.46. The maximum atomic E-state index is 13.0. The second-order valence-electron chi connectivity index (χ2n) is 7.92. The summed E-state index contributed by atoms with van der Waals surface area (Å²) in [5, 5.41) is 0. The normalized spacial score (nSPS) is 21.3. The van der Waals surface area contributed by atoms with Gasteiger partial charge in [-0.2, -0.15) is 0 Å². The van der Waals surface area contributed by atoms with Gasteiger partial charge in [-0.1, -0.05) is 5.92 Å². The third-order valence-electron chi connectivity index (χ3n) is 5.94. The van der Waals surface area contributed by atoms with Crippen LogP contribution in [-0.4, -0.2) is 36.6 Å². The van der Waals surface area contributed by atoms with Gasteiger partial charge in [0.25, 0.3) is 0 Å². The van der Waals surface area contributed by atoms with Crippen LogP contribution in [0.3, 0.4) is 0 Å². The van der Waals surface area contributed by atoms with Crippen LogP contribution < -0.4 is 0 Å². The van der Waals surface area contributed by atoms with Gasteiger partial charge in [0, 0.05) is 18.4 Å². The first-order valence-corrected chi connectivity index (χ1v) is 9.13. The summed E-state index contributed by atoms with van der Waals surface area (Å²) >= 11 is 0. The molecule has 0 N–H and O–H groups in total. The van der Waals surface area contributed by atoms with Gasteiger partial charge in [-0.05, 0) is 88.0 Å². The molecule has 1 saturated carbocycles. The summed E-state index contributed by atoms with van der Waals surface area (Å²) in [7, 11) is 2.11. The number of carbonyl (C=O) groups is 2. The zero-order chi connectivity index (χ0) is 18.2. The van der Waals surface area contributed by atoms with Gasteiger partial charge in [-0.25, -0.2) is 0 Å². The molecule has 1 spiro atoms. The number of aryl methyl sites for hydroxylation is 2. The van der Waals surface area contributed by atoms with Crippen molar-refractivity contribution < 1.29 is 9.59 Å². The van der Waals surface area contributed by atoms with Crippen LogP contribution in [0, 0.1) is 31.1 Å². The molecule has 132 valence electrons. The lowest BCUT2D eigenvalue weighted by Gasteiger charge is -2.44. The molecule has 1 aromatic carbocycles. The highest BCUT2D eigenvalue weighted by atomic mass is 16.2. The van der Waals surface area contributed by atoms with Gasteiger partial charge in [0.2, 0.25) is 0 Å². The Bertz CT molecular complexity index is 730. The fourth-order valence-electron chi connectivity index (χ4n) is 4.60. The summed E-state index contributed by atoms with van der Waals surface area (Å²) in [5.74, 6) is 5.63. The topological polar surface area (TPSA) is 37.4 Å². The number of benzene rings is 1. The first-order chi connectivity index (χ1) is 11.8. The number of carbonyl (C=O) groups excluding carboxylic acids is 2. The first kappa shape index (κ1) is 17.9. The number of ketones is 2. The van der Waals surface area contributed by atoms with E-state index in [2.05, 4.69) is 23.8 Å². The van der Waals surface area contributed by atoms with E-state index in [0.29, 0.717) is 12.8 Å². The Morgan fingerprint density at radius 1 is 1.04 bits per heavy atom. The molecular formula is C22H27NO2. The van der Waals surface area contributed by atoms with Crippen LogP contribution in [0.25, 0.3) is 0 Å². The Kier molecular flexibility index (Phi) is 4.84. The second-order valence-corrected chi connectivity index (χ2v) is 7.92. The molecule has 2 fully saturated rings. The zero-order valence-corrected chi connectivity index (χ0v) is 15.7. The molecule has 1 aliphatic carbocycles. The fraction of sp³-hybridized carbons (Fsp3) is 0.545. The molecule has 3 nitrogen and oxygen atoms in total. The highest BCUT2D eigenvalue weighted by molar-refractivity contribution is 6.10. The number of hydrogen-bond donors (Lipinski definition) is 0. The first-order valence-electron chi connectivity index (χ1n) is 9.13. The standard InChI is InChI=1S/C22H27NO2/c1-5-6-17-11-15(2)20(16(3)12-17)21-18(24)13-22(14-19(21)25)7-9-23(4)10-8-22/h11-12,21H,7-10,13-14H2,1-4H3. The highest BCUT2D eigenvalue weighted by Gasteiger charge is 2.47. The van der Waals surface area contributed by atoms with Crippen LogP contribution in [0.1, 0.15) is 60.8 Å². The number of hydrogen-bond acceptors (Lipinski definition) is 3. The van der Waals surface area contributed by atoms with Crippen molar-refractivity contribution >= 4 is 11.6 Å². The quantitative estimate of drug-likeness (QED) is 0.582. The Balaban J connectivity index is 1.91. The van der Waals surface area contributed by atoms with Crippen molar-refractivity contribution in [2.24, 2.45) is 5.41 Å². The van der Waals surface area contributed by atoms with E-state index < -0.39 is 5.92 Å². The van der Waals surface area contributed by atoms with E-state index in [1.807, 2.05) is 32.9 Å². The van der Waals surface area contributed by atoms with Gasteiger partial charge in [-0.15, -0.1) is 5.92 Å². The summed E-state index contributed by atoms with van der Waals surface area (Å²) in [6, 6.07) is 4.00. The summed E-state index contributed by atoms with van der Waals surface area (Å²) in [6.45, 7) is 7.75. The minimum atomic E-state index is -0.575. The molecule has 0 bridgehead atoms. The molecule has 1 heterocycles. The molecular weight excluding hydrogens is 310 g/mol. The van der Waals surface area contributed by atoms with E-state index in [9.17, 15) is 9.59 Å². The zero-order valence-electron chi connectivity index (χ0n) is 15.7. The largest absolute Gasteiger partial charge is 0.306 e. The summed E-state index contributed by atoms with van der Waals surface area (Å²) < 4.78 is 0. The molecule has 3 rings (SSSR count). The Labute approximate surface area is 150 Å². The molecule has 2 aliphatic rings.